The molecule has 1 rings (SSSR count). The molecule has 1 unspecified atom stereocenters. The highest BCUT2D eigenvalue weighted by Crippen LogP contribution is 2.16. The van der Waals surface area contributed by atoms with Crippen LogP contribution in [0.4, 0.5) is 5.69 Å². The van der Waals surface area contributed by atoms with Crippen LogP contribution in [0.3, 0.4) is 0 Å². The number of rotatable bonds is 5. The molecular weight excluding hydrogens is 244 g/mol. The first kappa shape index (κ1) is 15.0. The van der Waals surface area contributed by atoms with Crippen LogP contribution in [0, 0.1) is 6.92 Å². The average Bonchev–Trinajstić information content (AvgIpc) is 2.32. The summed E-state index contributed by atoms with van der Waals surface area (Å²) in [5, 5.41) is 8.81. The summed E-state index contributed by atoms with van der Waals surface area (Å²) in [7, 11) is 0. The maximum absolute atomic E-state index is 12.4. The van der Waals surface area contributed by atoms with Crippen LogP contribution in [-0.4, -0.2) is 34.5 Å². The molecule has 1 aromatic rings. The van der Waals surface area contributed by atoms with E-state index in [4.69, 9.17) is 10.8 Å². The van der Waals surface area contributed by atoms with Crippen LogP contribution in [0.5, 0.6) is 0 Å². The van der Waals surface area contributed by atoms with E-state index in [1.807, 2.05) is 13.8 Å². The average molecular weight is 264 g/mol. The summed E-state index contributed by atoms with van der Waals surface area (Å²) >= 11 is 0. The molecule has 1 amide bonds. The number of nitrogens with zero attached hydrogens (tertiary/aromatic N) is 1. The second kappa shape index (κ2) is 6.22. The van der Waals surface area contributed by atoms with Crippen LogP contribution < -0.4 is 5.73 Å². The monoisotopic (exact) mass is 264 g/mol. The fraction of sp³-hybridized carbons (Fsp3) is 0.429. The molecule has 19 heavy (non-hydrogen) atoms. The van der Waals surface area contributed by atoms with Gasteiger partial charge in [0, 0.05) is 23.8 Å². The second-order valence-corrected chi connectivity index (χ2v) is 4.61. The summed E-state index contributed by atoms with van der Waals surface area (Å²) < 4.78 is 0. The maximum atomic E-state index is 12.4. The first-order chi connectivity index (χ1) is 8.86. The summed E-state index contributed by atoms with van der Waals surface area (Å²) in [5.41, 5.74) is 7.73. The Balaban J connectivity index is 2.94. The highest BCUT2D eigenvalue weighted by atomic mass is 16.4. The topological polar surface area (TPSA) is 83.6 Å². The van der Waals surface area contributed by atoms with Crippen molar-refractivity contribution in [2.75, 3.05) is 12.3 Å². The molecule has 0 heterocycles. The summed E-state index contributed by atoms with van der Waals surface area (Å²) in [6, 6.07) is 4.75. The first-order valence-electron chi connectivity index (χ1n) is 6.25. The number of nitrogens with two attached hydrogens (primary N) is 1. The van der Waals surface area contributed by atoms with Gasteiger partial charge in [-0.15, -0.1) is 0 Å². The molecule has 3 N–H and O–H groups in total. The van der Waals surface area contributed by atoms with E-state index in [0.717, 1.165) is 5.56 Å². The minimum absolute atomic E-state index is 0.0620. The molecule has 5 nitrogen and oxygen atoms in total. The Morgan fingerprint density at radius 2 is 2.05 bits per heavy atom. The Kier molecular flexibility index (Phi) is 4.92. The minimum Gasteiger partial charge on any atom is -0.481 e. The summed E-state index contributed by atoms with van der Waals surface area (Å²) in [4.78, 5) is 24.6. The molecule has 0 radical (unpaired) electrons. The lowest BCUT2D eigenvalue weighted by Crippen LogP contribution is -2.39. The molecule has 0 saturated carbocycles. The van der Waals surface area contributed by atoms with Crippen LogP contribution in [0.15, 0.2) is 18.2 Å². The van der Waals surface area contributed by atoms with E-state index in [9.17, 15) is 9.59 Å². The van der Waals surface area contributed by atoms with Crippen LogP contribution in [0.25, 0.3) is 0 Å². The lowest BCUT2D eigenvalue weighted by molar-refractivity contribution is -0.138. The van der Waals surface area contributed by atoms with Gasteiger partial charge in [-0.05, 0) is 44.5 Å². The van der Waals surface area contributed by atoms with Crippen molar-refractivity contribution >= 4 is 17.6 Å². The summed E-state index contributed by atoms with van der Waals surface area (Å²) in [5.74, 6) is -1.08. The first-order valence-corrected chi connectivity index (χ1v) is 6.25. The third-order valence-corrected chi connectivity index (χ3v) is 3.12. The maximum Gasteiger partial charge on any atom is 0.305 e. The largest absolute Gasteiger partial charge is 0.481 e. The molecule has 0 aromatic heterocycles. The number of aliphatic carboxylic acids is 1. The molecule has 5 heteroatoms. The lowest BCUT2D eigenvalue weighted by Gasteiger charge is -2.27. The zero-order chi connectivity index (χ0) is 14.6. The van der Waals surface area contributed by atoms with Gasteiger partial charge in [0.2, 0.25) is 0 Å². The van der Waals surface area contributed by atoms with E-state index < -0.39 is 5.97 Å². The second-order valence-electron chi connectivity index (χ2n) is 4.61. The molecule has 104 valence electrons. The molecule has 0 aliphatic heterocycles. The molecule has 0 fully saturated rings. The minimum atomic E-state index is -0.910. The standard InChI is InChI=1S/C14H20N2O3/c1-4-16(10(3)8-13(17)18)14(19)11-5-6-12(15)9(2)7-11/h5-7,10H,4,8,15H2,1-3H3,(H,17,18). The highest BCUT2D eigenvalue weighted by Gasteiger charge is 2.22. The smallest absolute Gasteiger partial charge is 0.305 e. The molecule has 0 saturated heterocycles. The van der Waals surface area contributed by atoms with Gasteiger partial charge in [-0.1, -0.05) is 0 Å². The highest BCUT2D eigenvalue weighted by molar-refractivity contribution is 5.95. The van der Waals surface area contributed by atoms with Gasteiger partial charge in [-0.25, -0.2) is 0 Å². The van der Waals surface area contributed by atoms with E-state index >= 15 is 0 Å². The molecule has 1 aromatic carbocycles. The van der Waals surface area contributed by atoms with Crippen LogP contribution in [-0.2, 0) is 4.79 Å². The Morgan fingerprint density at radius 1 is 1.42 bits per heavy atom. The SMILES string of the molecule is CCN(C(=O)c1ccc(N)c(C)c1)C(C)CC(=O)O. The van der Waals surface area contributed by atoms with Gasteiger partial charge in [-0.2, -0.15) is 0 Å². The predicted octanol–water partition coefficient (Wildman–Crippen LogP) is 1.90. The fourth-order valence-electron chi connectivity index (χ4n) is 1.99. The van der Waals surface area contributed by atoms with E-state index in [1.165, 1.54) is 0 Å². The van der Waals surface area contributed by atoms with Crippen molar-refractivity contribution in [3.8, 4) is 0 Å². The lowest BCUT2D eigenvalue weighted by atomic mass is 10.1. The number of aryl methyl sites for hydroxylation is 1. The number of anilines is 1. The van der Waals surface area contributed by atoms with Crippen LogP contribution in [0.2, 0.25) is 0 Å². The summed E-state index contributed by atoms with van der Waals surface area (Å²) in [6.45, 7) is 5.87. The number of amides is 1. The van der Waals surface area contributed by atoms with Gasteiger partial charge in [-0.3, -0.25) is 9.59 Å². The van der Waals surface area contributed by atoms with Crippen molar-refractivity contribution in [3.05, 3.63) is 29.3 Å². The number of carbonyl (C=O) groups excluding carboxylic acids is 1. The van der Waals surface area contributed by atoms with Crippen molar-refractivity contribution in [3.63, 3.8) is 0 Å². The Hall–Kier alpha value is -2.04. The Bertz CT molecular complexity index is 486. The van der Waals surface area contributed by atoms with Gasteiger partial charge in [0.05, 0.1) is 6.42 Å². The number of carboxylic acids is 1. The third-order valence-electron chi connectivity index (χ3n) is 3.12. The van der Waals surface area contributed by atoms with E-state index in [1.54, 1.807) is 30.0 Å². The molecule has 0 aliphatic carbocycles. The molecule has 0 aliphatic rings. The van der Waals surface area contributed by atoms with Gasteiger partial charge >= 0.3 is 5.97 Å². The van der Waals surface area contributed by atoms with Gasteiger partial charge in [0.25, 0.3) is 5.91 Å². The van der Waals surface area contributed by atoms with Gasteiger partial charge in [0.15, 0.2) is 0 Å². The quantitative estimate of drug-likeness (QED) is 0.796. The van der Waals surface area contributed by atoms with Crippen molar-refractivity contribution in [2.24, 2.45) is 0 Å². The third kappa shape index (κ3) is 3.71. The zero-order valence-electron chi connectivity index (χ0n) is 11.5. The van der Waals surface area contributed by atoms with E-state index in [0.29, 0.717) is 17.8 Å². The molecule has 0 bridgehead atoms. The van der Waals surface area contributed by atoms with Crippen molar-refractivity contribution in [2.45, 2.75) is 33.2 Å². The summed E-state index contributed by atoms with van der Waals surface area (Å²) in [6.07, 6.45) is -0.0620. The zero-order valence-corrected chi connectivity index (χ0v) is 11.5. The van der Waals surface area contributed by atoms with Gasteiger partial charge < -0.3 is 15.7 Å². The van der Waals surface area contributed by atoms with Gasteiger partial charge in [0.1, 0.15) is 0 Å². The number of nitrogen functional groups attached to an aromatic ring is 1. The van der Waals surface area contributed by atoms with E-state index in [2.05, 4.69) is 0 Å². The van der Waals surface area contributed by atoms with Crippen molar-refractivity contribution < 1.29 is 14.7 Å². The van der Waals surface area contributed by atoms with E-state index in [-0.39, 0.29) is 18.4 Å². The molecule has 1 atom stereocenters. The predicted molar refractivity (Wildman–Crippen MR) is 74.0 cm³/mol. The normalized spacial score (nSPS) is 11.9. The van der Waals surface area contributed by atoms with Crippen molar-refractivity contribution in [1.82, 2.24) is 4.90 Å². The Morgan fingerprint density at radius 3 is 2.53 bits per heavy atom. The number of hydrogen-bond acceptors (Lipinski definition) is 3. The van der Waals surface area contributed by atoms with Crippen LogP contribution >= 0.6 is 0 Å². The molecule has 0 spiro atoms. The number of carboxylic acid groups (broad SMARTS) is 1. The number of benzene rings is 1. The van der Waals surface area contributed by atoms with Crippen molar-refractivity contribution in [1.29, 1.82) is 0 Å². The Labute approximate surface area is 113 Å². The molecular formula is C14H20N2O3. The number of carbonyl (C=O) groups is 2. The fourth-order valence-corrected chi connectivity index (χ4v) is 1.99. The van der Waals surface area contributed by atoms with Crippen LogP contribution in [0.1, 0.15) is 36.2 Å². The number of hydrogen-bond donors (Lipinski definition) is 2.